The number of amides is 1. The quantitative estimate of drug-likeness (QED) is 0.774. The van der Waals surface area contributed by atoms with Gasteiger partial charge in [0.1, 0.15) is 25.0 Å². The molecule has 1 saturated heterocycles. The van der Waals surface area contributed by atoms with Crippen LogP contribution in [0.4, 0.5) is 5.82 Å². The lowest BCUT2D eigenvalue weighted by Crippen LogP contribution is -2.36. The van der Waals surface area contributed by atoms with Gasteiger partial charge in [0.05, 0.1) is 11.8 Å². The molecular formula is C16H22N8O2. The Hall–Kier alpha value is -2.62. The summed E-state index contributed by atoms with van der Waals surface area (Å²) in [4.78, 5) is 23.2. The molecule has 0 aliphatic carbocycles. The van der Waals surface area contributed by atoms with E-state index in [-0.39, 0.29) is 18.6 Å². The standard InChI is InChI=1S/C16H22N8O2/c25-15(9-24-11-20-21-22-24)23-5-3-13-14(4-6-23)18-10-19-16(13)17-8-12-2-1-7-26-12/h10-12H,1-9H2,(H,17,18,19)/t12-/m1/s1. The first-order chi connectivity index (χ1) is 12.8. The molecule has 2 aliphatic heterocycles. The number of carbonyl (C=O) groups is 1. The minimum atomic E-state index is 0.00642. The smallest absolute Gasteiger partial charge is 0.244 e. The van der Waals surface area contributed by atoms with Crippen LogP contribution in [-0.4, -0.2) is 73.3 Å². The second-order valence-electron chi connectivity index (χ2n) is 6.55. The molecule has 1 amide bonds. The number of ether oxygens (including phenoxy) is 1. The molecule has 1 N–H and O–H groups in total. The Morgan fingerprint density at radius 2 is 2.23 bits per heavy atom. The van der Waals surface area contributed by atoms with E-state index in [4.69, 9.17) is 4.74 Å². The molecule has 138 valence electrons. The molecule has 2 aromatic rings. The van der Waals surface area contributed by atoms with Gasteiger partial charge in [-0.1, -0.05) is 0 Å². The van der Waals surface area contributed by atoms with Crippen LogP contribution < -0.4 is 5.32 Å². The van der Waals surface area contributed by atoms with Gasteiger partial charge in [0, 0.05) is 38.2 Å². The fourth-order valence-corrected chi connectivity index (χ4v) is 3.44. The van der Waals surface area contributed by atoms with Gasteiger partial charge in [0.15, 0.2) is 0 Å². The fourth-order valence-electron chi connectivity index (χ4n) is 3.44. The van der Waals surface area contributed by atoms with Crippen molar-refractivity contribution in [2.24, 2.45) is 0 Å². The number of rotatable bonds is 5. The summed E-state index contributed by atoms with van der Waals surface area (Å²) >= 11 is 0. The average Bonchev–Trinajstić information content (AvgIpc) is 3.30. The molecule has 1 fully saturated rings. The number of fused-ring (bicyclic) bond motifs is 1. The van der Waals surface area contributed by atoms with Crippen LogP contribution in [0.2, 0.25) is 0 Å². The number of hydrogen-bond acceptors (Lipinski definition) is 8. The van der Waals surface area contributed by atoms with Crippen molar-refractivity contribution < 1.29 is 9.53 Å². The number of hydrogen-bond donors (Lipinski definition) is 1. The molecular weight excluding hydrogens is 336 g/mol. The molecule has 2 aliphatic rings. The molecule has 2 aromatic heterocycles. The van der Waals surface area contributed by atoms with Gasteiger partial charge in [-0.2, -0.15) is 0 Å². The zero-order chi connectivity index (χ0) is 17.8. The highest BCUT2D eigenvalue weighted by Gasteiger charge is 2.23. The van der Waals surface area contributed by atoms with Crippen LogP contribution in [0.5, 0.6) is 0 Å². The normalized spacial score (nSPS) is 19.8. The third-order valence-electron chi connectivity index (χ3n) is 4.85. The maximum atomic E-state index is 12.5. The second-order valence-corrected chi connectivity index (χ2v) is 6.55. The summed E-state index contributed by atoms with van der Waals surface area (Å²) in [5, 5.41) is 14.3. The molecule has 4 rings (SSSR count). The molecule has 1 atom stereocenters. The zero-order valence-electron chi connectivity index (χ0n) is 14.5. The van der Waals surface area contributed by atoms with E-state index in [0.717, 1.165) is 49.5 Å². The third-order valence-corrected chi connectivity index (χ3v) is 4.85. The Morgan fingerprint density at radius 1 is 1.31 bits per heavy atom. The number of anilines is 1. The summed E-state index contributed by atoms with van der Waals surface area (Å²) < 4.78 is 7.10. The zero-order valence-corrected chi connectivity index (χ0v) is 14.5. The van der Waals surface area contributed by atoms with Gasteiger partial charge in [-0.15, -0.1) is 5.10 Å². The lowest BCUT2D eigenvalue weighted by Gasteiger charge is -2.19. The number of tetrazole rings is 1. The summed E-state index contributed by atoms with van der Waals surface area (Å²) in [5.74, 6) is 0.868. The highest BCUT2D eigenvalue weighted by atomic mass is 16.5. The van der Waals surface area contributed by atoms with Crippen molar-refractivity contribution >= 4 is 11.7 Å². The van der Waals surface area contributed by atoms with Crippen molar-refractivity contribution in [2.45, 2.75) is 38.3 Å². The van der Waals surface area contributed by atoms with E-state index in [9.17, 15) is 4.79 Å². The first kappa shape index (κ1) is 16.8. The van der Waals surface area contributed by atoms with Crippen LogP contribution in [0, 0.1) is 0 Å². The topological polar surface area (TPSA) is 111 Å². The molecule has 0 saturated carbocycles. The van der Waals surface area contributed by atoms with E-state index in [1.807, 2.05) is 4.90 Å². The van der Waals surface area contributed by atoms with Crippen LogP contribution in [-0.2, 0) is 28.9 Å². The molecule has 0 spiro atoms. The Bertz CT molecular complexity index is 745. The molecule has 0 unspecified atom stereocenters. The molecule has 26 heavy (non-hydrogen) atoms. The van der Waals surface area contributed by atoms with Crippen LogP contribution in [0.25, 0.3) is 0 Å². The van der Waals surface area contributed by atoms with E-state index < -0.39 is 0 Å². The summed E-state index contributed by atoms with van der Waals surface area (Å²) in [7, 11) is 0. The average molecular weight is 358 g/mol. The maximum Gasteiger partial charge on any atom is 0.244 e. The Morgan fingerprint density at radius 3 is 3.04 bits per heavy atom. The van der Waals surface area contributed by atoms with E-state index in [2.05, 4.69) is 30.8 Å². The van der Waals surface area contributed by atoms with E-state index in [1.165, 1.54) is 11.0 Å². The summed E-state index contributed by atoms with van der Waals surface area (Å²) in [6.45, 7) is 3.02. The number of carbonyl (C=O) groups excluding carboxylic acids is 1. The first-order valence-corrected chi connectivity index (χ1v) is 8.96. The van der Waals surface area contributed by atoms with Crippen molar-refractivity contribution in [1.29, 1.82) is 0 Å². The molecule has 0 aromatic carbocycles. The molecule has 0 radical (unpaired) electrons. The largest absolute Gasteiger partial charge is 0.376 e. The van der Waals surface area contributed by atoms with E-state index >= 15 is 0 Å². The van der Waals surface area contributed by atoms with Gasteiger partial charge in [-0.05, 0) is 29.7 Å². The van der Waals surface area contributed by atoms with Crippen molar-refractivity contribution in [3.8, 4) is 0 Å². The lowest BCUT2D eigenvalue weighted by atomic mass is 10.1. The van der Waals surface area contributed by atoms with Crippen molar-refractivity contribution in [3.63, 3.8) is 0 Å². The summed E-state index contributed by atoms with van der Waals surface area (Å²) in [6.07, 6.45) is 6.94. The molecule has 10 nitrogen and oxygen atoms in total. The number of aromatic nitrogens is 6. The van der Waals surface area contributed by atoms with Gasteiger partial charge < -0.3 is 15.0 Å². The Balaban J connectivity index is 1.40. The van der Waals surface area contributed by atoms with Crippen LogP contribution in [0.3, 0.4) is 0 Å². The third kappa shape index (κ3) is 3.79. The monoisotopic (exact) mass is 358 g/mol. The molecule has 0 bridgehead atoms. The predicted octanol–water partition coefficient (Wildman–Crippen LogP) is -0.319. The number of nitrogens with zero attached hydrogens (tertiary/aromatic N) is 7. The van der Waals surface area contributed by atoms with Gasteiger partial charge in [-0.3, -0.25) is 4.79 Å². The molecule has 10 heteroatoms. The lowest BCUT2D eigenvalue weighted by molar-refractivity contribution is -0.132. The van der Waals surface area contributed by atoms with Gasteiger partial charge in [0.2, 0.25) is 5.91 Å². The summed E-state index contributed by atoms with van der Waals surface area (Å²) in [6, 6.07) is 0. The first-order valence-electron chi connectivity index (χ1n) is 8.96. The highest BCUT2D eigenvalue weighted by molar-refractivity contribution is 5.76. The minimum absolute atomic E-state index is 0.00642. The number of nitrogens with one attached hydrogen (secondary N) is 1. The Labute approximate surface area is 150 Å². The van der Waals surface area contributed by atoms with Gasteiger partial charge in [-0.25, -0.2) is 14.6 Å². The predicted molar refractivity (Wildman–Crippen MR) is 91.3 cm³/mol. The van der Waals surface area contributed by atoms with Crippen LogP contribution >= 0.6 is 0 Å². The second kappa shape index (κ2) is 7.73. The fraction of sp³-hybridized carbons (Fsp3) is 0.625. The van der Waals surface area contributed by atoms with E-state index in [1.54, 1.807) is 6.33 Å². The van der Waals surface area contributed by atoms with Crippen LogP contribution in [0.1, 0.15) is 24.1 Å². The van der Waals surface area contributed by atoms with Gasteiger partial charge in [0.25, 0.3) is 0 Å². The van der Waals surface area contributed by atoms with Crippen molar-refractivity contribution in [2.75, 3.05) is 31.6 Å². The van der Waals surface area contributed by atoms with Crippen molar-refractivity contribution in [1.82, 2.24) is 35.1 Å². The van der Waals surface area contributed by atoms with E-state index in [0.29, 0.717) is 19.5 Å². The maximum absolute atomic E-state index is 12.5. The Kier molecular flexibility index (Phi) is 5.00. The summed E-state index contributed by atoms with van der Waals surface area (Å²) in [5.41, 5.74) is 2.11. The molecule has 4 heterocycles. The minimum Gasteiger partial charge on any atom is -0.376 e. The van der Waals surface area contributed by atoms with Crippen LogP contribution in [0.15, 0.2) is 12.7 Å². The van der Waals surface area contributed by atoms with Gasteiger partial charge >= 0.3 is 0 Å². The van der Waals surface area contributed by atoms with Crippen molar-refractivity contribution in [3.05, 3.63) is 23.9 Å². The SMILES string of the molecule is O=C(Cn1cnnn1)N1CCc2ncnc(NC[C@H]3CCCO3)c2CC1. The highest BCUT2D eigenvalue weighted by Crippen LogP contribution is 2.21.